The van der Waals surface area contributed by atoms with E-state index in [-0.39, 0.29) is 30.8 Å². The summed E-state index contributed by atoms with van der Waals surface area (Å²) in [4.78, 5) is 12.2. The molecular formula is C10H18Cl2N6. The van der Waals surface area contributed by atoms with Gasteiger partial charge in [0.15, 0.2) is 11.5 Å². The Kier molecular flexibility index (Phi) is 6.72. The van der Waals surface area contributed by atoms with Gasteiger partial charge >= 0.3 is 0 Å². The topological polar surface area (TPSA) is 95.6 Å². The van der Waals surface area contributed by atoms with E-state index in [1.807, 2.05) is 4.57 Å². The summed E-state index contributed by atoms with van der Waals surface area (Å²) in [6.07, 6.45) is 5.22. The maximum absolute atomic E-state index is 5.72. The SMILES string of the molecule is CCCCCn1cnc2c(N)nc(N)nc21.Cl.Cl. The molecule has 2 rings (SSSR count). The highest BCUT2D eigenvalue weighted by Crippen LogP contribution is 2.17. The first-order valence-electron chi connectivity index (χ1n) is 5.46. The molecule has 0 aliphatic heterocycles. The normalized spacial score (nSPS) is 9.83. The summed E-state index contributed by atoms with van der Waals surface area (Å²) >= 11 is 0. The van der Waals surface area contributed by atoms with Crippen molar-refractivity contribution in [1.29, 1.82) is 0 Å². The first kappa shape index (κ1) is 16.7. The number of aromatic nitrogens is 4. The summed E-state index contributed by atoms with van der Waals surface area (Å²) < 4.78 is 1.97. The minimum absolute atomic E-state index is 0. The van der Waals surface area contributed by atoms with Crippen molar-refractivity contribution in [2.45, 2.75) is 32.7 Å². The zero-order valence-electron chi connectivity index (χ0n) is 10.2. The van der Waals surface area contributed by atoms with E-state index in [1.165, 1.54) is 12.8 Å². The third-order valence-corrected chi connectivity index (χ3v) is 2.51. The average Bonchev–Trinajstić information content (AvgIpc) is 2.62. The number of anilines is 2. The minimum atomic E-state index is 0. The van der Waals surface area contributed by atoms with Crippen LogP contribution in [-0.4, -0.2) is 19.5 Å². The molecular weight excluding hydrogens is 275 g/mol. The molecule has 0 fully saturated rings. The van der Waals surface area contributed by atoms with Crippen LogP contribution in [0.1, 0.15) is 26.2 Å². The summed E-state index contributed by atoms with van der Waals surface area (Å²) in [6.45, 7) is 3.06. The highest BCUT2D eigenvalue weighted by Gasteiger charge is 2.09. The van der Waals surface area contributed by atoms with Crippen LogP contribution in [0.4, 0.5) is 11.8 Å². The smallest absolute Gasteiger partial charge is 0.224 e. The molecule has 0 amide bonds. The van der Waals surface area contributed by atoms with Gasteiger partial charge in [0, 0.05) is 6.54 Å². The quantitative estimate of drug-likeness (QED) is 0.841. The lowest BCUT2D eigenvalue weighted by molar-refractivity contribution is 0.610. The Hall–Kier alpha value is -1.27. The summed E-state index contributed by atoms with van der Waals surface area (Å²) in [7, 11) is 0. The highest BCUT2D eigenvalue weighted by atomic mass is 35.5. The van der Waals surface area contributed by atoms with Crippen LogP contribution < -0.4 is 11.5 Å². The zero-order chi connectivity index (χ0) is 11.5. The molecule has 8 heteroatoms. The van der Waals surface area contributed by atoms with Crippen molar-refractivity contribution < 1.29 is 0 Å². The van der Waals surface area contributed by atoms with Gasteiger partial charge in [-0.05, 0) is 6.42 Å². The van der Waals surface area contributed by atoms with Crippen LogP contribution in [0.2, 0.25) is 0 Å². The number of rotatable bonds is 4. The predicted molar refractivity (Wildman–Crippen MR) is 78.2 cm³/mol. The number of hydrogen-bond donors (Lipinski definition) is 2. The lowest BCUT2D eigenvalue weighted by Crippen LogP contribution is -2.03. The van der Waals surface area contributed by atoms with E-state index in [0.717, 1.165) is 18.6 Å². The number of hydrogen-bond acceptors (Lipinski definition) is 5. The molecule has 0 atom stereocenters. The Morgan fingerprint density at radius 1 is 1.17 bits per heavy atom. The van der Waals surface area contributed by atoms with E-state index < -0.39 is 0 Å². The summed E-state index contributed by atoms with van der Waals surface area (Å²) in [5, 5.41) is 0. The third-order valence-electron chi connectivity index (χ3n) is 2.51. The molecule has 0 aromatic carbocycles. The maximum atomic E-state index is 5.72. The first-order chi connectivity index (χ1) is 7.72. The van der Waals surface area contributed by atoms with Gasteiger partial charge in [0.1, 0.15) is 5.52 Å². The molecule has 4 N–H and O–H groups in total. The maximum Gasteiger partial charge on any atom is 0.224 e. The molecule has 6 nitrogen and oxygen atoms in total. The molecule has 0 aliphatic carbocycles. The Bertz CT molecular complexity index is 498. The molecule has 0 saturated carbocycles. The predicted octanol–water partition coefficient (Wildman–Crippen LogP) is 2.02. The molecule has 18 heavy (non-hydrogen) atoms. The van der Waals surface area contributed by atoms with Gasteiger partial charge in [-0.2, -0.15) is 9.97 Å². The Balaban J connectivity index is 0.00000144. The van der Waals surface area contributed by atoms with Gasteiger partial charge in [-0.15, -0.1) is 24.8 Å². The zero-order valence-corrected chi connectivity index (χ0v) is 11.8. The highest BCUT2D eigenvalue weighted by molar-refractivity contribution is 5.85. The van der Waals surface area contributed by atoms with E-state index in [4.69, 9.17) is 11.5 Å². The first-order valence-corrected chi connectivity index (χ1v) is 5.46. The second-order valence-electron chi connectivity index (χ2n) is 3.78. The van der Waals surface area contributed by atoms with Crippen LogP contribution in [0.5, 0.6) is 0 Å². The van der Waals surface area contributed by atoms with Gasteiger partial charge in [0.2, 0.25) is 5.95 Å². The molecule has 0 bridgehead atoms. The number of halogens is 2. The molecule has 0 spiro atoms. The van der Waals surface area contributed by atoms with Gasteiger partial charge in [-0.3, -0.25) is 0 Å². The van der Waals surface area contributed by atoms with Crippen molar-refractivity contribution in [3.05, 3.63) is 6.33 Å². The van der Waals surface area contributed by atoms with Crippen LogP contribution >= 0.6 is 24.8 Å². The number of nitrogens with zero attached hydrogens (tertiary/aromatic N) is 4. The monoisotopic (exact) mass is 292 g/mol. The van der Waals surface area contributed by atoms with Crippen LogP contribution in [0.25, 0.3) is 11.2 Å². The second-order valence-corrected chi connectivity index (χ2v) is 3.78. The summed E-state index contributed by atoms with van der Waals surface area (Å²) in [5.41, 5.74) is 12.6. The van der Waals surface area contributed by atoms with E-state index in [2.05, 4.69) is 21.9 Å². The average molecular weight is 293 g/mol. The molecule has 0 saturated heterocycles. The van der Waals surface area contributed by atoms with Gasteiger partial charge in [-0.25, -0.2) is 4.98 Å². The second kappa shape index (κ2) is 7.23. The molecule has 2 heterocycles. The van der Waals surface area contributed by atoms with E-state index >= 15 is 0 Å². The molecule has 2 aromatic heterocycles. The fraction of sp³-hybridized carbons (Fsp3) is 0.500. The largest absolute Gasteiger partial charge is 0.382 e. The summed E-state index contributed by atoms with van der Waals surface area (Å²) in [5.74, 6) is 0.541. The molecule has 0 aliphatic rings. The Morgan fingerprint density at radius 2 is 1.89 bits per heavy atom. The van der Waals surface area contributed by atoms with Crippen molar-refractivity contribution in [2.75, 3.05) is 11.5 Å². The van der Waals surface area contributed by atoms with Crippen LogP contribution in [0.15, 0.2) is 6.33 Å². The molecule has 0 radical (unpaired) electrons. The van der Waals surface area contributed by atoms with Crippen molar-refractivity contribution >= 4 is 47.7 Å². The van der Waals surface area contributed by atoms with Gasteiger partial charge in [-0.1, -0.05) is 19.8 Å². The van der Waals surface area contributed by atoms with Crippen LogP contribution in [0, 0.1) is 0 Å². The number of aryl methyl sites for hydroxylation is 1. The van der Waals surface area contributed by atoms with E-state index in [9.17, 15) is 0 Å². The molecule has 102 valence electrons. The van der Waals surface area contributed by atoms with Gasteiger partial charge < -0.3 is 16.0 Å². The van der Waals surface area contributed by atoms with Gasteiger partial charge in [0.25, 0.3) is 0 Å². The van der Waals surface area contributed by atoms with E-state index in [1.54, 1.807) is 6.33 Å². The Morgan fingerprint density at radius 3 is 2.56 bits per heavy atom. The standard InChI is InChI=1S/C10H16N6.2ClH/c1-2-3-4-5-16-6-13-7-8(11)14-10(12)15-9(7)16;;/h6H,2-5H2,1H3,(H4,11,12,14,15);2*1H. The van der Waals surface area contributed by atoms with Crippen molar-refractivity contribution in [2.24, 2.45) is 0 Å². The lowest BCUT2D eigenvalue weighted by Gasteiger charge is -2.03. The molecule has 0 unspecified atom stereocenters. The number of fused-ring (bicyclic) bond motifs is 1. The third kappa shape index (κ3) is 3.36. The van der Waals surface area contributed by atoms with Crippen LogP contribution in [-0.2, 0) is 6.54 Å². The minimum Gasteiger partial charge on any atom is -0.382 e. The molecule has 2 aromatic rings. The van der Waals surface area contributed by atoms with Gasteiger partial charge in [0.05, 0.1) is 6.33 Å². The number of unbranched alkanes of at least 4 members (excludes halogenated alkanes) is 2. The number of imidazole rings is 1. The fourth-order valence-corrected chi connectivity index (χ4v) is 1.68. The van der Waals surface area contributed by atoms with Crippen molar-refractivity contribution in [3.8, 4) is 0 Å². The van der Waals surface area contributed by atoms with E-state index in [0.29, 0.717) is 11.3 Å². The number of nitrogen functional groups attached to an aromatic ring is 2. The number of nitrogens with two attached hydrogens (primary N) is 2. The lowest BCUT2D eigenvalue weighted by atomic mass is 10.2. The Labute approximate surface area is 118 Å². The van der Waals surface area contributed by atoms with Crippen molar-refractivity contribution in [1.82, 2.24) is 19.5 Å². The summed E-state index contributed by atoms with van der Waals surface area (Å²) in [6, 6.07) is 0. The van der Waals surface area contributed by atoms with Crippen LogP contribution in [0.3, 0.4) is 0 Å². The fourth-order valence-electron chi connectivity index (χ4n) is 1.68. The van der Waals surface area contributed by atoms with Crippen molar-refractivity contribution in [3.63, 3.8) is 0 Å².